The number of hydrogen-bond acceptors (Lipinski definition) is 1. The summed E-state index contributed by atoms with van der Waals surface area (Å²) in [5.74, 6) is 1.24. The van der Waals surface area contributed by atoms with Crippen LogP contribution in [0.5, 0.6) is 0 Å². The van der Waals surface area contributed by atoms with Gasteiger partial charge in [0.05, 0.1) is 0 Å². The zero-order chi connectivity index (χ0) is 25.5. The van der Waals surface area contributed by atoms with Gasteiger partial charge in [-0.15, -0.1) is 0 Å². The normalized spacial score (nSPS) is 23.7. The predicted molar refractivity (Wildman–Crippen MR) is 161 cm³/mol. The highest BCUT2D eigenvalue weighted by atomic mass is 31.1. The maximum atomic E-state index is 7.24. The monoisotopic (exact) mass is 515 g/mol. The smallest absolute Gasteiger partial charge is 0.0404 e. The van der Waals surface area contributed by atoms with Crippen LogP contribution in [0, 0.1) is 5.92 Å². The molecule has 5 atom stereocenters. The summed E-state index contributed by atoms with van der Waals surface area (Å²) in [7, 11) is -0.359. The van der Waals surface area contributed by atoms with Crippen LogP contribution < -0.4 is 5.73 Å². The molecule has 38 heavy (non-hydrogen) atoms. The molecule has 3 aliphatic rings. The van der Waals surface area contributed by atoms with Crippen LogP contribution in [0.1, 0.15) is 81.4 Å². The SMILES string of the molecule is N[C@@H](c1ccccc1)[C@H](c1ccccc1)P1Cc2ccc3c(c2[C@@H]2c4ccccc4CCC2C1)CCCC3. The minimum absolute atomic E-state index is 0.0122. The van der Waals surface area contributed by atoms with Gasteiger partial charge in [0.2, 0.25) is 0 Å². The molecule has 0 saturated carbocycles. The van der Waals surface area contributed by atoms with Crippen LogP contribution in [-0.4, -0.2) is 6.16 Å². The number of fused-ring (bicyclic) bond motifs is 7. The van der Waals surface area contributed by atoms with Gasteiger partial charge in [-0.3, -0.25) is 0 Å². The summed E-state index contributed by atoms with van der Waals surface area (Å²) in [5.41, 5.74) is 20.2. The van der Waals surface area contributed by atoms with Crippen LogP contribution in [0.25, 0.3) is 0 Å². The van der Waals surface area contributed by atoms with Crippen molar-refractivity contribution >= 4 is 7.92 Å². The maximum absolute atomic E-state index is 7.24. The van der Waals surface area contributed by atoms with Crippen molar-refractivity contribution in [2.45, 2.75) is 62.3 Å². The minimum Gasteiger partial charge on any atom is -0.323 e. The summed E-state index contributed by atoms with van der Waals surface area (Å²) < 4.78 is 0. The minimum atomic E-state index is -0.359. The van der Waals surface area contributed by atoms with Crippen molar-refractivity contribution in [2.75, 3.05) is 6.16 Å². The Kier molecular flexibility index (Phi) is 6.68. The van der Waals surface area contributed by atoms with Gasteiger partial charge < -0.3 is 5.73 Å². The van der Waals surface area contributed by atoms with Crippen LogP contribution in [0.15, 0.2) is 97.1 Å². The molecule has 0 bridgehead atoms. The Labute approximate surface area is 229 Å². The first kappa shape index (κ1) is 24.3. The number of rotatable bonds is 4. The first-order chi connectivity index (χ1) is 18.8. The largest absolute Gasteiger partial charge is 0.323 e. The molecule has 0 saturated heterocycles. The average molecular weight is 516 g/mol. The van der Waals surface area contributed by atoms with Crippen LogP contribution in [0.3, 0.4) is 0 Å². The second kappa shape index (κ2) is 10.4. The van der Waals surface area contributed by atoms with Gasteiger partial charge in [0.15, 0.2) is 0 Å². The van der Waals surface area contributed by atoms with Crippen LogP contribution in [-0.2, 0) is 25.4 Å². The van der Waals surface area contributed by atoms with Gasteiger partial charge in [-0.25, -0.2) is 0 Å². The van der Waals surface area contributed by atoms with E-state index in [0.29, 0.717) is 17.5 Å². The molecule has 1 heterocycles. The highest BCUT2D eigenvalue weighted by molar-refractivity contribution is 7.57. The third-order valence-electron chi connectivity index (χ3n) is 9.53. The first-order valence-corrected chi connectivity index (χ1v) is 16.4. The van der Waals surface area contributed by atoms with Crippen molar-refractivity contribution in [3.63, 3.8) is 0 Å². The summed E-state index contributed by atoms with van der Waals surface area (Å²) in [6.45, 7) is 0. The fraction of sp³-hybridized carbons (Fsp3) is 0.333. The lowest BCUT2D eigenvalue weighted by atomic mass is 9.69. The molecule has 0 radical (unpaired) electrons. The highest BCUT2D eigenvalue weighted by Crippen LogP contribution is 2.64. The molecule has 1 aliphatic heterocycles. The van der Waals surface area contributed by atoms with E-state index in [1.54, 1.807) is 33.4 Å². The van der Waals surface area contributed by atoms with Gasteiger partial charge in [-0.05, 0) is 101 Å². The van der Waals surface area contributed by atoms with Crippen molar-refractivity contribution in [1.82, 2.24) is 0 Å². The van der Waals surface area contributed by atoms with E-state index in [0.717, 1.165) is 0 Å². The van der Waals surface area contributed by atoms with Crippen LogP contribution in [0.2, 0.25) is 0 Å². The van der Waals surface area contributed by atoms with E-state index < -0.39 is 0 Å². The average Bonchev–Trinajstić information content (AvgIpc) is 3.15. The standard InChI is InChI=1S/C36H38NP/c37-35(27-13-3-1-4-14-27)36(28-15-5-2-6-16-28)38-23-29-21-19-25-11-7-9-17-31(25)33(29)34-30(24-38)22-20-26-12-8-10-18-32(26)34/h1-7,9,11,13-17,20,22,29,33,35-36H,8,10,12,18-19,21,23-24,37H2/t29?,33-,35-,36-,38?/m0/s1. The molecule has 4 aromatic carbocycles. The second-order valence-corrected chi connectivity index (χ2v) is 14.1. The molecule has 2 aliphatic carbocycles. The molecule has 0 fully saturated rings. The molecule has 0 spiro atoms. The molecule has 7 rings (SSSR count). The third kappa shape index (κ3) is 4.35. The summed E-state index contributed by atoms with van der Waals surface area (Å²) in [6.07, 6.45) is 10.2. The fourth-order valence-electron chi connectivity index (χ4n) is 7.79. The zero-order valence-electron chi connectivity index (χ0n) is 22.2. The lowest BCUT2D eigenvalue weighted by molar-refractivity contribution is 0.448. The Balaban J connectivity index is 1.39. The maximum Gasteiger partial charge on any atom is 0.0404 e. The molecular formula is C36H38NP. The number of benzene rings is 4. The Hall–Kier alpha value is -2.73. The van der Waals surface area contributed by atoms with Gasteiger partial charge in [0.25, 0.3) is 0 Å². The van der Waals surface area contributed by atoms with E-state index in [2.05, 4.69) is 97.1 Å². The van der Waals surface area contributed by atoms with Crippen LogP contribution >= 0.6 is 7.92 Å². The Morgan fingerprint density at radius 2 is 1.34 bits per heavy atom. The third-order valence-corrected chi connectivity index (χ3v) is 12.6. The van der Waals surface area contributed by atoms with Crippen molar-refractivity contribution in [1.29, 1.82) is 0 Å². The molecule has 1 nitrogen and oxygen atoms in total. The van der Waals surface area contributed by atoms with Gasteiger partial charge in [-0.1, -0.05) is 105 Å². The van der Waals surface area contributed by atoms with Gasteiger partial charge in [-0.2, -0.15) is 0 Å². The summed E-state index contributed by atoms with van der Waals surface area (Å²) in [5, 5.41) is 0. The van der Waals surface area contributed by atoms with E-state index >= 15 is 0 Å². The van der Waals surface area contributed by atoms with Crippen molar-refractivity contribution < 1.29 is 0 Å². The molecule has 2 heteroatoms. The van der Waals surface area contributed by atoms with E-state index in [-0.39, 0.29) is 14.0 Å². The zero-order valence-corrected chi connectivity index (χ0v) is 23.1. The van der Waals surface area contributed by atoms with E-state index in [9.17, 15) is 0 Å². The summed E-state index contributed by atoms with van der Waals surface area (Å²) in [6, 6.07) is 36.5. The fourth-order valence-corrected chi connectivity index (χ4v) is 11.3. The lowest BCUT2D eigenvalue weighted by Gasteiger charge is -2.38. The molecule has 0 amide bonds. The molecule has 2 N–H and O–H groups in total. The lowest BCUT2D eigenvalue weighted by Crippen LogP contribution is -2.26. The van der Waals surface area contributed by atoms with E-state index in [1.807, 2.05) is 0 Å². The molecule has 2 unspecified atom stereocenters. The van der Waals surface area contributed by atoms with Crippen molar-refractivity contribution in [3.05, 3.63) is 142 Å². The van der Waals surface area contributed by atoms with Gasteiger partial charge in [0, 0.05) is 17.6 Å². The Morgan fingerprint density at radius 1 is 0.658 bits per heavy atom. The van der Waals surface area contributed by atoms with E-state index in [1.165, 1.54) is 62.0 Å². The van der Waals surface area contributed by atoms with Gasteiger partial charge in [0.1, 0.15) is 0 Å². The topological polar surface area (TPSA) is 26.0 Å². The second-order valence-electron chi connectivity index (χ2n) is 11.7. The molecule has 0 aromatic heterocycles. The Morgan fingerprint density at radius 3 is 2.16 bits per heavy atom. The first-order valence-electron chi connectivity index (χ1n) is 14.6. The number of aryl methyl sites for hydroxylation is 2. The van der Waals surface area contributed by atoms with Crippen LogP contribution in [0.4, 0.5) is 0 Å². The quantitative estimate of drug-likeness (QED) is 0.270. The highest BCUT2D eigenvalue weighted by Gasteiger charge is 2.41. The molecular weight excluding hydrogens is 477 g/mol. The number of nitrogens with two attached hydrogens (primary N) is 1. The molecule has 4 aromatic rings. The summed E-state index contributed by atoms with van der Waals surface area (Å²) >= 11 is 0. The predicted octanol–water partition coefficient (Wildman–Crippen LogP) is 8.70. The van der Waals surface area contributed by atoms with Gasteiger partial charge >= 0.3 is 0 Å². The van der Waals surface area contributed by atoms with E-state index in [4.69, 9.17) is 5.73 Å². The number of hydrogen-bond donors (Lipinski definition) is 1. The molecule has 192 valence electrons. The Bertz CT molecular complexity index is 1410. The van der Waals surface area contributed by atoms with Crippen molar-refractivity contribution in [2.24, 2.45) is 11.7 Å². The van der Waals surface area contributed by atoms with Crippen molar-refractivity contribution in [3.8, 4) is 0 Å². The summed E-state index contributed by atoms with van der Waals surface area (Å²) in [4.78, 5) is 0.